The highest BCUT2D eigenvalue weighted by Gasteiger charge is 2.29. The van der Waals surface area contributed by atoms with Gasteiger partial charge in [-0.2, -0.15) is 0 Å². The minimum absolute atomic E-state index is 0. The third-order valence-corrected chi connectivity index (χ3v) is 4.76. The Balaban J connectivity index is 0.00000242. The molecule has 2 N–H and O–H groups in total. The number of halogens is 1. The van der Waals surface area contributed by atoms with E-state index in [1.807, 2.05) is 4.90 Å². The van der Waals surface area contributed by atoms with E-state index in [-0.39, 0.29) is 24.9 Å². The summed E-state index contributed by atoms with van der Waals surface area (Å²) in [6.07, 6.45) is 7.56. The minimum atomic E-state index is -0.535. The smallest absolute Gasteiger partial charge is 0.241 e. The van der Waals surface area contributed by atoms with E-state index in [2.05, 4.69) is 6.92 Å². The largest absolute Gasteiger partial charge is 0.383 e. The highest BCUT2D eigenvalue weighted by Crippen LogP contribution is 2.28. The van der Waals surface area contributed by atoms with Gasteiger partial charge in [0, 0.05) is 20.2 Å². The third-order valence-electron chi connectivity index (χ3n) is 4.76. The molecule has 6 heteroatoms. The topological polar surface area (TPSA) is 64.8 Å². The SMILES string of the molecule is COCC(N)C(=O)N1CCC(OC2CCC(C)CC2)CC1.Cl. The lowest BCUT2D eigenvalue weighted by atomic mass is 9.88. The van der Waals surface area contributed by atoms with Crippen LogP contribution in [-0.2, 0) is 14.3 Å². The number of carbonyl (C=O) groups is 1. The Morgan fingerprint density at radius 2 is 1.68 bits per heavy atom. The first-order valence-corrected chi connectivity index (χ1v) is 8.29. The summed E-state index contributed by atoms with van der Waals surface area (Å²) < 4.78 is 11.2. The van der Waals surface area contributed by atoms with E-state index in [4.69, 9.17) is 15.2 Å². The fraction of sp³-hybridized carbons (Fsp3) is 0.938. The van der Waals surface area contributed by atoms with Crippen LogP contribution < -0.4 is 5.73 Å². The third kappa shape index (κ3) is 5.69. The van der Waals surface area contributed by atoms with Crippen molar-refractivity contribution in [2.45, 2.75) is 63.7 Å². The van der Waals surface area contributed by atoms with E-state index < -0.39 is 6.04 Å². The van der Waals surface area contributed by atoms with E-state index in [9.17, 15) is 4.79 Å². The molecule has 0 bridgehead atoms. The lowest BCUT2D eigenvalue weighted by Gasteiger charge is -2.36. The first-order chi connectivity index (χ1) is 10.1. The van der Waals surface area contributed by atoms with Crippen LogP contribution >= 0.6 is 12.4 Å². The van der Waals surface area contributed by atoms with Crippen LogP contribution in [0.2, 0.25) is 0 Å². The second-order valence-corrected chi connectivity index (χ2v) is 6.60. The maximum atomic E-state index is 12.1. The zero-order valence-corrected chi connectivity index (χ0v) is 14.6. The monoisotopic (exact) mass is 334 g/mol. The van der Waals surface area contributed by atoms with Crippen molar-refractivity contribution in [2.24, 2.45) is 11.7 Å². The molecule has 1 heterocycles. The molecule has 130 valence electrons. The molecule has 0 aromatic carbocycles. The van der Waals surface area contributed by atoms with Crippen LogP contribution in [0.1, 0.15) is 45.4 Å². The first kappa shape index (κ1) is 19.7. The van der Waals surface area contributed by atoms with Gasteiger partial charge in [0.15, 0.2) is 0 Å². The quantitative estimate of drug-likeness (QED) is 0.834. The van der Waals surface area contributed by atoms with Gasteiger partial charge in [-0.1, -0.05) is 6.92 Å². The zero-order valence-electron chi connectivity index (χ0n) is 13.8. The van der Waals surface area contributed by atoms with E-state index >= 15 is 0 Å². The number of rotatable bonds is 5. The number of nitrogens with two attached hydrogens (primary N) is 1. The molecule has 1 atom stereocenters. The number of hydrogen-bond acceptors (Lipinski definition) is 4. The van der Waals surface area contributed by atoms with Gasteiger partial charge in [-0.25, -0.2) is 0 Å². The highest BCUT2D eigenvalue weighted by atomic mass is 35.5. The highest BCUT2D eigenvalue weighted by molar-refractivity contribution is 5.85. The predicted octanol–water partition coefficient (Wildman–Crippen LogP) is 1.97. The Morgan fingerprint density at radius 3 is 2.23 bits per heavy atom. The summed E-state index contributed by atoms with van der Waals surface area (Å²) in [6, 6.07) is -0.535. The number of methoxy groups -OCH3 is 1. The predicted molar refractivity (Wildman–Crippen MR) is 89.2 cm³/mol. The van der Waals surface area contributed by atoms with E-state index in [1.165, 1.54) is 25.7 Å². The number of hydrogen-bond donors (Lipinski definition) is 1. The second kappa shape index (κ2) is 9.71. The molecule has 22 heavy (non-hydrogen) atoms. The normalized spacial score (nSPS) is 28.0. The fourth-order valence-corrected chi connectivity index (χ4v) is 3.34. The van der Waals surface area contributed by atoms with Crippen molar-refractivity contribution in [3.63, 3.8) is 0 Å². The molecular formula is C16H31ClN2O3. The molecule has 1 aliphatic carbocycles. The van der Waals surface area contributed by atoms with Crippen molar-refractivity contribution in [2.75, 3.05) is 26.8 Å². The van der Waals surface area contributed by atoms with E-state index in [0.29, 0.717) is 12.2 Å². The van der Waals surface area contributed by atoms with Crippen molar-refractivity contribution in [1.29, 1.82) is 0 Å². The van der Waals surface area contributed by atoms with Gasteiger partial charge < -0.3 is 20.1 Å². The molecule has 2 rings (SSSR count). The number of carbonyl (C=O) groups excluding carboxylic acids is 1. The van der Waals surface area contributed by atoms with Crippen LogP contribution in [0.5, 0.6) is 0 Å². The Labute approximate surface area is 140 Å². The number of piperidine rings is 1. The van der Waals surface area contributed by atoms with Gasteiger partial charge in [-0.3, -0.25) is 4.79 Å². The molecule has 1 amide bonds. The Hall–Kier alpha value is -0.360. The van der Waals surface area contributed by atoms with E-state index in [1.54, 1.807) is 7.11 Å². The summed E-state index contributed by atoms with van der Waals surface area (Å²) in [4.78, 5) is 14.0. The lowest BCUT2D eigenvalue weighted by molar-refractivity contribution is -0.137. The van der Waals surface area contributed by atoms with Crippen LogP contribution in [0.3, 0.4) is 0 Å². The van der Waals surface area contributed by atoms with Crippen molar-refractivity contribution in [3.05, 3.63) is 0 Å². The molecule has 1 unspecified atom stereocenters. The maximum absolute atomic E-state index is 12.1. The summed E-state index contributed by atoms with van der Waals surface area (Å²) in [6.45, 7) is 4.12. The molecule has 1 saturated carbocycles. The Morgan fingerprint density at radius 1 is 1.14 bits per heavy atom. The molecule has 2 fully saturated rings. The minimum Gasteiger partial charge on any atom is -0.383 e. The first-order valence-electron chi connectivity index (χ1n) is 8.29. The molecule has 0 spiro atoms. The lowest BCUT2D eigenvalue weighted by Crippen LogP contribution is -2.50. The van der Waals surface area contributed by atoms with Crippen LogP contribution in [0.4, 0.5) is 0 Å². The summed E-state index contributed by atoms with van der Waals surface area (Å²) in [5.41, 5.74) is 5.81. The van der Waals surface area contributed by atoms with Gasteiger partial charge >= 0.3 is 0 Å². The van der Waals surface area contributed by atoms with Gasteiger partial charge in [-0.15, -0.1) is 12.4 Å². The standard InChI is InChI=1S/C16H30N2O3.ClH/c1-12-3-5-13(6-4-12)21-14-7-9-18(10-8-14)16(19)15(17)11-20-2;/h12-15H,3-11,17H2,1-2H3;1H. The number of likely N-dealkylation sites (tertiary alicyclic amines) is 1. The molecule has 1 saturated heterocycles. The summed E-state index contributed by atoms with van der Waals surface area (Å²) in [5, 5.41) is 0. The van der Waals surface area contributed by atoms with Crippen LogP contribution in [-0.4, -0.2) is 55.9 Å². The fourth-order valence-electron chi connectivity index (χ4n) is 3.34. The van der Waals surface area contributed by atoms with Crippen LogP contribution in [0.25, 0.3) is 0 Å². The molecule has 0 aromatic rings. The maximum Gasteiger partial charge on any atom is 0.241 e. The Bertz CT molecular complexity index is 327. The molecule has 1 aliphatic heterocycles. The van der Waals surface area contributed by atoms with Crippen molar-refractivity contribution < 1.29 is 14.3 Å². The summed E-state index contributed by atoms with van der Waals surface area (Å²) >= 11 is 0. The average Bonchev–Trinajstić information content (AvgIpc) is 2.50. The van der Waals surface area contributed by atoms with Crippen molar-refractivity contribution >= 4 is 18.3 Å². The van der Waals surface area contributed by atoms with Gasteiger partial charge in [0.25, 0.3) is 0 Å². The zero-order chi connectivity index (χ0) is 15.2. The van der Waals surface area contributed by atoms with Crippen LogP contribution in [0.15, 0.2) is 0 Å². The van der Waals surface area contributed by atoms with Gasteiger partial charge in [0.2, 0.25) is 5.91 Å². The number of ether oxygens (including phenoxy) is 2. The Kier molecular flexibility index (Phi) is 8.69. The number of amides is 1. The molecular weight excluding hydrogens is 304 g/mol. The van der Waals surface area contributed by atoms with Gasteiger partial charge in [0.1, 0.15) is 6.04 Å². The molecule has 5 nitrogen and oxygen atoms in total. The van der Waals surface area contributed by atoms with Gasteiger partial charge in [0.05, 0.1) is 18.8 Å². The van der Waals surface area contributed by atoms with Crippen molar-refractivity contribution in [3.8, 4) is 0 Å². The summed E-state index contributed by atoms with van der Waals surface area (Å²) in [5.74, 6) is 0.855. The molecule has 2 aliphatic rings. The number of nitrogens with zero attached hydrogens (tertiary/aromatic N) is 1. The summed E-state index contributed by atoms with van der Waals surface area (Å²) in [7, 11) is 1.57. The van der Waals surface area contributed by atoms with Crippen molar-refractivity contribution in [1.82, 2.24) is 4.90 Å². The molecule has 0 aromatic heterocycles. The molecule has 0 radical (unpaired) electrons. The van der Waals surface area contributed by atoms with E-state index in [0.717, 1.165) is 31.8 Å². The second-order valence-electron chi connectivity index (χ2n) is 6.60. The van der Waals surface area contributed by atoms with Crippen LogP contribution in [0, 0.1) is 5.92 Å². The average molecular weight is 335 g/mol. The van der Waals surface area contributed by atoms with Gasteiger partial charge in [-0.05, 0) is 44.4 Å².